The lowest BCUT2D eigenvalue weighted by molar-refractivity contribution is -0.254. The van der Waals surface area contributed by atoms with Crippen LogP contribution in [0, 0.1) is 6.92 Å². The molecule has 0 fully saturated rings. The SMILES string of the molecule is COc1ccc(NC(=O)[C@H](C)c2nc(C)c(C(=O)[O-])s2)cc1Cl. The van der Waals surface area contributed by atoms with Gasteiger partial charge in [0.15, 0.2) is 0 Å². The number of halogens is 1. The highest BCUT2D eigenvalue weighted by atomic mass is 35.5. The Morgan fingerprint density at radius 1 is 1.43 bits per heavy atom. The Morgan fingerprint density at radius 2 is 2.13 bits per heavy atom. The molecule has 6 nitrogen and oxygen atoms in total. The first-order chi connectivity index (χ1) is 10.8. The second-order valence-electron chi connectivity index (χ2n) is 4.81. The molecule has 0 aliphatic carbocycles. The van der Waals surface area contributed by atoms with E-state index in [-0.39, 0.29) is 10.8 Å². The topological polar surface area (TPSA) is 91.3 Å². The molecular weight excluding hydrogens is 340 g/mol. The molecule has 0 aliphatic rings. The van der Waals surface area contributed by atoms with Crippen LogP contribution >= 0.6 is 22.9 Å². The number of carboxylic acid groups (broad SMARTS) is 1. The van der Waals surface area contributed by atoms with Crippen LogP contribution in [0.1, 0.15) is 33.2 Å². The minimum atomic E-state index is -1.29. The molecule has 1 atom stereocenters. The highest BCUT2D eigenvalue weighted by molar-refractivity contribution is 7.13. The van der Waals surface area contributed by atoms with Crippen molar-refractivity contribution in [2.24, 2.45) is 0 Å². The van der Waals surface area contributed by atoms with Crippen molar-refractivity contribution in [2.75, 3.05) is 12.4 Å². The summed E-state index contributed by atoms with van der Waals surface area (Å²) in [4.78, 5) is 27.4. The lowest BCUT2D eigenvalue weighted by Crippen LogP contribution is -2.21. The van der Waals surface area contributed by atoms with E-state index in [1.165, 1.54) is 7.11 Å². The van der Waals surface area contributed by atoms with Gasteiger partial charge in [0.25, 0.3) is 0 Å². The molecule has 0 radical (unpaired) electrons. The highest BCUT2D eigenvalue weighted by Gasteiger charge is 2.21. The summed E-state index contributed by atoms with van der Waals surface area (Å²) in [5.41, 5.74) is 0.859. The van der Waals surface area contributed by atoms with Crippen LogP contribution in [0.15, 0.2) is 18.2 Å². The Morgan fingerprint density at radius 3 is 2.65 bits per heavy atom. The smallest absolute Gasteiger partial charge is 0.234 e. The van der Waals surface area contributed by atoms with Gasteiger partial charge in [-0.15, -0.1) is 11.3 Å². The minimum Gasteiger partial charge on any atom is -0.544 e. The van der Waals surface area contributed by atoms with Crippen LogP contribution in [-0.4, -0.2) is 24.0 Å². The zero-order valence-electron chi connectivity index (χ0n) is 12.7. The van der Waals surface area contributed by atoms with Gasteiger partial charge in [0.2, 0.25) is 5.91 Å². The number of carbonyl (C=O) groups is 2. The van der Waals surface area contributed by atoms with Gasteiger partial charge in [0.1, 0.15) is 10.8 Å². The van der Waals surface area contributed by atoms with Gasteiger partial charge in [-0.3, -0.25) is 4.79 Å². The summed E-state index contributed by atoms with van der Waals surface area (Å²) in [6, 6.07) is 4.88. The summed E-state index contributed by atoms with van der Waals surface area (Å²) in [7, 11) is 1.50. The van der Waals surface area contributed by atoms with E-state index >= 15 is 0 Å². The number of amides is 1. The van der Waals surface area contributed by atoms with Gasteiger partial charge in [0.05, 0.1) is 34.6 Å². The molecule has 1 aromatic heterocycles. The van der Waals surface area contributed by atoms with Crippen molar-refractivity contribution in [1.29, 1.82) is 0 Å². The third-order valence-corrected chi connectivity index (χ3v) is 4.80. The third kappa shape index (κ3) is 3.80. The first kappa shape index (κ1) is 17.2. The molecule has 1 aromatic carbocycles. The number of rotatable bonds is 5. The van der Waals surface area contributed by atoms with Crippen molar-refractivity contribution in [3.05, 3.63) is 38.8 Å². The maximum absolute atomic E-state index is 12.3. The Kier molecular flexibility index (Phi) is 5.23. The van der Waals surface area contributed by atoms with E-state index in [0.29, 0.717) is 27.2 Å². The summed E-state index contributed by atoms with van der Waals surface area (Å²) in [5, 5.41) is 14.5. The maximum Gasteiger partial charge on any atom is 0.234 e. The number of carbonyl (C=O) groups excluding carboxylic acids is 2. The number of ether oxygens (including phenoxy) is 1. The number of benzene rings is 1. The Labute approximate surface area is 142 Å². The molecule has 0 saturated heterocycles. The fourth-order valence-corrected chi connectivity index (χ4v) is 3.11. The molecule has 23 heavy (non-hydrogen) atoms. The summed E-state index contributed by atoms with van der Waals surface area (Å²) in [5.74, 6) is -1.70. The second kappa shape index (κ2) is 6.97. The fourth-order valence-electron chi connectivity index (χ4n) is 1.90. The van der Waals surface area contributed by atoms with Gasteiger partial charge in [-0.2, -0.15) is 0 Å². The average Bonchev–Trinajstić information content (AvgIpc) is 2.88. The number of aromatic carboxylic acids is 1. The number of hydrogen-bond donors (Lipinski definition) is 1. The summed E-state index contributed by atoms with van der Waals surface area (Å²) >= 11 is 6.95. The summed E-state index contributed by atoms with van der Waals surface area (Å²) in [6.07, 6.45) is 0. The van der Waals surface area contributed by atoms with E-state index in [1.807, 2.05) is 0 Å². The summed E-state index contributed by atoms with van der Waals surface area (Å²) in [6.45, 7) is 3.22. The maximum atomic E-state index is 12.3. The van der Waals surface area contributed by atoms with Gasteiger partial charge in [-0.25, -0.2) is 4.98 Å². The van der Waals surface area contributed by atoms with E-state index < -0.39 is 11.9 Å². The van der Waals surface area contributed by atoms with Crippen molar-refractivity contribution < 1.29 is 19.4 Å². The van der Waals surface area contributed by atoms with Gasteiger partial charge < -0.3 is 20.0 Å². The van der Waals surface area contributed by atoms with E-state index in [0.717, 1.165) is 11.3 Å². The predicted octanol–water partition coefficient (Wildman–Crippen LogP) is 2.22. The number of nitrogens with one attached hydrogen (secondary N) is 1. The molecular formula is C15H14ClN2O4S-. The molecule has 122 valence electrons. The van der Waals surface area contributed by atoms with E-state index in [1.54, 1.807) is 32.0 Å². The predicted molar refractivity (Wildman–Crippen MR) is 86.2 cm³/mol. The molecule has 0 saturated carbocycles. The number of aryl methyl sites for hydroxylation is 1. The van der Waals surface area contributed by atoms with Crippen LogP contribution in [0.25, 0.3) is 0 Å². The molecule has 0 aliphatic heterocycles. The van der Waals surface area contributed by atoms with Gasteiger partial charge in [0, 0.05) is 5.69 Å². The normalized spacial score (nSPS) is 11.8. The monoisotopic (exact) mass is 353 g/mol. The first-order valence-corrected chi connectivity index (χ1v) is 7.86. The van der Waals surface area contributed by atoms with Crippen LogP contribution in [0.3, 0.4) is 0 Å². The Hall–Kier alpha value is -2.12. The number of thiazole rings is 1. The zero-order valence-corrected chi connectivity index (χ0v) is 14.2. The van der Waals surface area contributed by atoms with Gasteiger partial charge >= 0.3 is 0 Å². The number of hydrogen-bond acceptors (Lipinski definition) is 6. The van der Waals surface area contributed by atoms with Crippen molar-refractivity contribution >= 4 is 40.5 Å². The Balaban J connectivity index is 2.15. The number of methoxy groups -OCH3 is 1. The zero-order chi connectivity index (χ0) is 17.1. The van der Waals surface area contributed by atoms with E-state index in [4.69, 9.17) is 16.3 Å². The van der Waals surface area contributed by atoms with E-state index in [9.17, 15) is 14.7 Å². The van der Waals surface area contributed by atoms with Crippen molar-refractivity contribution in [2.45, 2.75) is 19.8 Å². The van der Waals surface area contributed by atoms with E-state index in [2.05, 4.69) is 10.3 Å². The fraction of sp³-hybridized carbons (Fsp3) is 0.267. The minimum absolute atomic E-state index is 0.0344. The number of carboxylic acids is 1. The van der Waals surface area contributed by atoms with Crippen LogP contribution in [0.5, 0.6) is 5.75 Å². The molecule has 0 spiro atoms. The second-order valence-corrected chi connectivity index (χ2v) is 6.25. The summed E-state index contributed by atoms with van der Waals surface area (Å²) < 4.78 is 5.05. The van der Waals surface area contributed by atoms with Crippen LogP contribution in [-0.2, 0) is 4.79 Å². The van der Waals surface area contributed by atoms with Gasteiger partial charge in [-0.05, 0) is 32.0 Å². The Bertz CT molecular complexity index is 760. The van der Waals surface area contributed by atoms with Crippen molar-refractivity contribution in [3.8, 4) is 5.75 Å². The molecule has 2 aromatic rings. The third-order valence-electron chi connectivity index (χ3n) is 3.18. The largest absolute Gasteiger partial charge is 0.544 e. The molecule has 0 bridgehead atoms. The lowest BCUT2D eigenvalue weighted by atomic mass is 10.1. The quantitative estimate of drug-likeness (QED) is 0.889. The van der Waals surface area contributed by atoms with Crippen LogP contribution in [0.4, 0.5) is 5.69 Å². The van der Waals surface area contributed by atoms with Gasteiger partial charge in [-0.1, -0.05) is 11.6 Å². The highest BCUT2D eigenvalue weighted by Crippen LogP contribution is 2.29. The molecule has 8 heteroatoms. The first-order valence-electron chi connectivity index (χ1n) is 6.66. The molecule has 0 unspecified atom stereocenters. The standard InChI is InChI=1S/C15H15ClN2O4S/c1-7(14-17-8(2)12(23-14)15(20)21)13(19)18-9-4-5-11(22-3)10(16)6-9/h4-7H,1-3H3,(H,18,19)(H,20,21)/p-1/t7-/m0/s1. The number of aromatic nitrogens is 1. The number of anilines is 1. The van der Waals surface area contributed by atoms with Crippen molar-refractivity contribution in [3.63, 3.8) is 0 Å². The molecule has 1 amide bonds. The molecule has 1 N–H and O–H groups in total. The number of nitrogens with zero attached hydrogens (tertiary/aromatic N) is 1. The molecule has 2 rings (SSSR count). The van der Waals surface area contributed by atoms with Crippen LogP contribution in [0.2, 0.25) is 5.02 Å². The average molecular weight is 354 g/mol. The molecule has 1 heterocycles. The van der Waals surface area contributed by atoms with Crippen LogP contribution < -0.4 is 15.2 Å². The van der Waals surface area contributed by atoms with Crippen molar-refractivity contribution in [1.82, 2.24) is 4.98 Å². The lowest BCUT2D eigenvalue weighted by Gasteiger charge is -2.11.